The summed E-state index contributed by atoms with van der Waals surface area (Å²) < 4.78 is 5.02. The van der Waals surface area contributed by atoms with Crippen LogP contribution in [0.5, 0.6) is 0 Å². The van der Waals surface area contributed by atoms with Gasteiger partial charge in [0.15, 0.2) is 0 Å². The van der Waals surface area contributed by atoms with Gasteiger partial charge in [-0.1, -0.05) is 13.0 Å². The van der Waals surface area contributed by atoms with E-state index in [2.05, 4.69) is 6.58 Å². The van der Waals surface area contributed by atoms with Crippen LogP contribution in [0.2, 0.25) is 0 Å². The molecule has 0 bridgehead atoms. The number of carbonyl (C=O) groups is 1. The van der Waals surface area contributed by atoms with Crippen molar-refractivity contribution in [1.29, 1.82) is 0 Å². The molecular formula is C8H14O3. The second-order valence-corrected chi connectivity index (χ2v) is 2.39. The fourth-order valence-electron chi connectivity index (χ4n) is 0.550. The first kappa shape index (κ1) is 10.2. The third-order valence-corrected chi connectivity index (χ3v) is 1.35. The normalized spacial score (nSPS) is 12.5. The number of ether oxygens (including phenoxy) is 1. The maximum atomic E-state index is 10.3. The van der Waals surface area contributed by atoms with Gasteiger partial charge in [-0.05, 0) is 6.42 Å². The molecule has 0 amide bonds. The fraction of sp³-hybridized carbons (Fsp3) is 0.625. The Morgan fingerprint density at radius 3 is 2.91 bits per heavy atom. The highest BCUT2D eigenvalue weighted by Gasteiger charge is 2.09. The molecule has 0 saturated heterocycles. The Morgan fingerprint density at radius 2 is 2.45 bits per heavy atom. The molecule has 1 atom stereocenters. The number of aliphatic carboxylic acids is 1. The van der Waals surface area contributed by atoms with Crippen LogP contribution in [-0.4, -0.2) is 24.3 Å². The molecule has 0 aromatic rings. The lowest BCUT2D eigenvalue weighted by atomic mass is 10.1. The number of hydrogen-bond donors (Lipinski definition) is 1. The van der Waals surface area contributed by atoms with Gasteiger partial charge in [0.1, 0.15) is 0 Å². The summed E-state index contributed by atoms with van der Waals surface area (Å²) in [6.45, 7) is 6.12. The SMILES string of the molecule is C=CCOCC[C@H](C)C(=O)O. The van der Waals surface area contributed by atoms with E-state index in [1.165, 1.54) is 0 Å². The molecule has 0 saturated carbocycles. The third-order valence-electron chi connectivity index (χ3n) is 1.35. The first-order valence-corrected chi connectivity index (χ1v) is 3.60. The van der Waals surface area contributed by atoms with Gasteiger partial charge >= 0.3 is 5.97 Å². The lowest BCUT2D eigenvalue weighted by Crippen LogP contribution is -2.12. The fourth-order valence-corrected chi connectivity index (χ4v) is 0.550. The largest absolute Gasteiger partial charge is 0.481 e. The van der Waals surface area contributed by atoms with Crippen LogP contribution in [-0.2, 0) is 9.53 Å². The molecule has 64 valence electrons. The van der Waals surface area contributed by atoms with E-state index >= 15 is 0 Å². The van der Waals surface area contributed by atoms with Gasteiger partial charge in [0.25, 0.3) is 0 Å². The number of rotatable bonds is 6. The highest BCUT2D eigenvalue weighted by molar-refractivity contribution is 5.69. The van der Waals surface area contributed by atoms with Gasteiger partial charge in [0.2, 0.25) is 0 Å². The summed E-state index contributed by atoms with van der Waals surface area (Å²) in [5, 5.41) is 8.46. The van der Waals surface area contributed by atoms with Gasteiger partial charge in [-0.15, -0.1) is 6.58 Å². The van der Waals surface area contributed by atoms with E-state index in [1.807, 2.05) is 0 Å². The summed E-state index contributed by atoms with van der Waals surface area (Å²) in [6, 6.07) is 0. The van der Waals surface area contributed by atoms with Crippen molar-refractivity contribution in [3.63, 3.8) is 0 Å². The zero-order valence-electron chi connectivity index (χ0n) is 6.75. The molecule has 1 N–H and O–H groups in total. The van der Waals surface area contributed by atoms with Crippen molar-refractivity contribution in [3.05, 3.63) is 12.7 Å². The molecule has 0 aromatic carbocycles. The summed E-state index contributed by atoms with van der Waals surface area (Å²) in [7, 11) is 0. The summed E-state index contributed by atoms with van der Waals surface area (Å²) in [5.74, 6) is -1.09. The van der Waals surface area contributed by atoms with E-state index < -0.39 is 5.97 Å². The topological polar surface area (TPSA) is 46.5 Å². The third kappa shape index (κ3) is 5.61. The van der Waals surface area contributed by atoms with Gasteiger partial charge in [-0.25, -0.2) is 0 Å². The molecule has 0 rings (SSSR count). The second-order valence-electron chi connectivity index (χ2n) is 2.39. The first-order valence-electron chi connectivity index (χ1n) is 3.60. The van der Waals surface area contributed by atoms with E-state index in [0.29, 0.717) is 19.6 Å². The second kappa shape index (κ2) is 5.92. The van der Waals surface area contributed by atoms with E-state index in [1.54, 1.807) is 13.0 Å². The molecule has 11 heavy (non-hydrogen) atoms. The summed E-state index contributed by atoms with van der Waals surface area (Å²) >= 11 is 0. The average Bonchev–Trinajstić information content (AvgIpc) is 1.97. The highest BCUT2D eigenvalue weighted by Crippen LogP contribution is 2.00. The molecule has 0 fully saturated rings. The maximum Gasteiger partial charge on any atom is 0.306 e. The summed E-state index contributed by atoms with van der Waals surface area (Å²) in [4.78, 5) is 10.3. The van der Waals surface area contributed by atoms with Gasteiger partial charge < -0.3 is 9.84 Å². The quantitative estimate of drug-likeness (QED) is 0.468. The van der Waals surface area contributed by atoms with Crippen LogP contribution in [0.3, 0.4) is 0 Å². The van der Waals surface area contributed by atoms with Gasteiger partial charge in [-0.2, -0.15) is 0 Å². The van der Waals surface area contributed by atoms with Crippen LogP contribution in [0.25, 0.3) is 0 Å². The Bertz CT molecular complexity index is 131. The number of carboxylic acid groups (broad SMARTS) is 1. The molecule has 3 heteroatoms. The number of hydrogen-bond acceptors (Lipinski definition) is 2. The van der Waals surface area contributed by atoms with E-state index in [0.717, 1.165) is 0 Å². The lowest BCUT2D eigenvalue weighted by Gasteiger charge is -2.04. The Morgan fingerprint density at radius 1 is 1.82 bits per heavy atom. The van der Waals surface area contributed by atoms with Crippen molar-refractivity contribution < 1.29 is 14.6 Å². The minimum atomic E-state index is -0.771. The van der Waals surface area contributed by atoms with Gasteiger partial charge in [0, 0.05) is 6.61 Å². The predicted molar refractivity (Wildman–Crippen MR) is 42.4 cm³/mol. The average molecular weight is 158 g/mol. The van der Waals surface area contributed by atoms with E-state index in [4.69, 9.17) is 9.84 Å². The first-order chi connectivity index (χ1) is 5.18. The van der Waals surface area contributed by atoms with Crippen molar-refractivity contribution in [3.8, 4) is 0 Å². The molecule has 0 spiro atoms. The standard InChI is InChI=1S/C8H14O3/c1-3-5-11-6-4-7(2)8(9)10/h3,7H,1,4-6H2,2H3,(H,9,10)/t7-/m0/s1. The molecule has 0 aliphatic carbocycles. The highest BCUT2D eigenvalue weighted by atomic mass is 16.5. The van der Waals surface area contributed by atoms with Gasteiger partial charge in [-0.3, -0.25) is 4.79 Å². The monoisotopic (exact) mass is 158 g/mol. The molecule has 0 aliphatic heterocycles. The van der Waals surface area contributed by atoms with Crippen LogP contribution in [0, 0.1) is 5.92 Å². The van der Waals surface area contributed by atoms with Crippen molar-refractivity contribution >= 4 is 5.97 Å². The van der Waals surface area contributed by atoms with Crippen molar-refractivity contribution in [2.75, 3.05) is 13.2 Å². The minimum absolute atomic E-state index is 0.320. The van der Waals surface area contributed by atoms with Crippen molar-refractivity contribution in [2.45, 2.75) is 13.3 Å². The molecule has 0 unspecified atom stereocenters. The number of carboxylic acids is 1. The Labute approximate surface area is 66.7 Å². The Hall–Kier alpha value is -0.830. The van der Waals surface area contributed by atoms with Crippen LogP contribution >= 0.6 is 0 Å². The maximum absolute atomic E-state index is 10.3. The van der Waals surface area contributed by atoms with Crippen molar-refractivity contribution in [1.82, 2.24) is 0 Å². The summed E-state index contributed by atoms with van der Waals surface area (Å²) in [5.41, 5.74) is 0. The van der Waals surface area contributed by atoms with Gasteiger partial charge in [0.05, 0.1) is 12.5 Å². The molecule has 0 heterocycles. The minimum Gasteiger partial charge on any atom is -0.481 e. The van der Waals surface area contributed by atoms with E-state index in [9.17, 15) is 4.79 Å². The summed E-state index contributed by atoms with van der Waals surface area (Å²) in [6.07, 6.45) is 2.20. The van der Waals surface area contributed by atoms with E-state index in [-0.39, 0.29) is 5.92 Å². The predicted octanol–water partition coefficient (Wildman–Crippen LogP) is 1.30. The lowest BCUT2D eigenvalue weighted by molar-refractivity contribution is -0.141. The zero-order valence-corrected chi connectivity index (χ0v) is 6.75. The van der Waals surface area contributed by atoms with Crippen LogP contribution in [0.15, 0.2) is 12.7 Å². The molecule has 3 nitrogen and oxygen atoms in total. The zero-order chi connectivity index (χ0) is 8.69. The van der Waals surface area contributed by atoms with Crippen LogP contribution in [0.1, 0.15) is 13.3 Å². The Balaban J connectivity index is 3.24. The Kier molecular flexibility index (Phi) is 5.47. The molecule has 0 radical (unpaired) electrons. The smallest absolute Gasteiger partial charge is 0.306 e. The molecular weight excluding hydrogens is 144 g/mol. The van der Waals surface area contributed by atoms with Crippen LogP contribution < -0.4 is 0 Å². The van der Waals surface area contributed by atoms with Crippen molar-refractivity contribution in [2.24, 2.45) is 5.92 Å². The van der Waals surface area contributed by atoms with Crippen LogP contribution in [0.4, 0.5) is 0 Å². The molecule has 0 aliphatic rings. The molecule has 0 aromatic heterocycles.